The van der Waals surface area contributed by atoms with Gasteiger partial charge in [0.2, 0.25) is 0 Å². The molecule has 7 nitrogen and oxygen atoms in total. The smallest absolute Gasteiger partial charge is 0.493 e. The van der Waals surface area contributed by atoms with E-state index in [0.29, 0.717) is 25.1 Å². The van der Waals surface area contributed by atoms with E-state index in [1.165, 1.54) is 19.2 Å². The van der Waals surface area contributed by atoms with Crippen molar-refractivity contribution >= 4 is 21.6 Å². The first kappa shape index (κ1) is 25.4. The highest BCUT2D eigenvalue weighted by Crippen LogP contribution is 2.47. The molecule has 2 unspecified atom stereocenters. The monoisotopic (exact) mass is 491 g/mol. The molecule has 2 aliphatic rings. The van der Waals surface area contributed by atoms with E-state index in [0.717, 1.165) is 5.56 Å². The fourth-order valence-electron chi connectivity index (χ4n) is 4.66. The van der Waals surface area contributed by atoms with Crippen molar-refractivity contribution in [2.75, 3.05) is 33.4 Å². The summed E-state index contributed by atoms with van der Waals surface area (Å²) in [5, 5.41) is 0. The summed E-state index contributed by atoms with van der Waals surface area (Å²) in [6, 6.07) is 14.4. The topological polar surface area (TPSA) is 66.5 Å². The van der Waals surface area contributed by atoms with E-state index < -0.39 is 24.2 Å². The number of carbonyl (C=O) groups excluding carboxylic acids is 1. The predicted molar refractivity (Wildman–Crippen MR) is 125 cm³/mol. The van der Waals surface area contributed by atoms with Crippen LogP contribution in [0, 0.1) is 0 Å². The van der Waals surface area contributed by atoms with E-state index in [1.807, 2.05) is 46.0 Å². The average molecular weight is 491 g/mol. The van der Waals surface area contributed by atoms with Crippen molar-refractivity contribution in [2.45, 2.75) is 30.1 Å². The average Bonchev–Trinajstić information content (AvgIpc) is 3.11. The van der Waals surface area contributed by atoms with Gasteiger partial charge in [0.05, 0.1) is 25.8 Å². The molecule has 2 aromatic rings. The number of hydrogen-bond donors (Lipinski definition) is 0. The number of amides is 1. The fraction of sp³-hybridized carbons (Fsp3) is 0.435. The van der Waals surface area contributed by atoms with Gasteiger partial charge >= 0.3 is 6.36 Å². The largest absolute Gasteiger partial charge is 0.522 e. The molecule has 0 N–H and O–H groups in total. The lowest BCUT2D eigenvalue weighted by Gasteiger charge is -2.42. The second kappa shape index (κ2) is 9.75. The second-order valence-corrected chi connectivity index (χ2v) is 8.87. The van der Waals surface area contributed by atoms with Gasteiger partial charge in [-0.15, -0.1) is 13.2 Å². The minimum Gasteiger partial charge on any atom is -0.493 e. The Labute approximate surface area is 203 Å². The van der Waals surface area contributed by atoms with Gasteiger partial charge in [0.25, 0.3) is 5.91 Å². The Kier molecular flexibility index (Phi) is 7.08. The summed E-state index contributed by atoms with van der Waals surface area (Å²) in [5.41, 5.74) is -0.0565. The van der Waals surface area contributed by atoms with Gasteiger partial charge in [0.15, 0.2) is 27.2 Å². The van der Waals surface area contributed by atoms with E-state index in [-0.39, 0.29) is 30.1 Å². The summed E-state index contributed by atoms with van der Waals surface area (Å²) in [7, 11) is 5.13. The highest BCUT2D eigenvalue weighted by atomic mass is 19.4. The lowest BCUT2D eigenvalue weighted by molar-refractivity contribution is -0.325. The number of rotatable bonds is 7. The van der Waals surface area contributed by atoms with E-state index in [4.69, 9.17) is 18.9 Å². The maximum Gasteiger partial charge on any atom is 0.522 e. The second-order valence-electron chi connectivity index (χ2n) is 8.87. The quantitative estimate of drug-likeness (QED) is 0.434. The molecular formula is C23H26B2F3NO6. The summed E-state index contributed by atoms with van der Waals surface area (Å²) in [5.74, 6) is 0.233. The first-order chi connectivity index (χ1) is 16.5. The van der Waals surface area contributed by atoms with Crippen molar-refractivity contribution in [3.8, 4) is 11.5 Å². The highest BCUT2D eigenvalue weighted by molar-refractivity contribution is 6.38. The number of halogens is 3. The molecule has 12 heteroatoms. The third-order valence-electron chi connectivity index (χ3n) is 6.08. The molecule has 2 saturated heterocycles. The van der Waals surface area contributed by atoms with Crippen LogP contribution in [0.2, 0.25) is 0 Å². The standard InChI is InChI=1S/C23H26B2F3NO6/c1-31-18-13-15(7-8-17(18)32-11-12-33-23(26,27)28)20(30)29-10-9-21(16-5-3-2-4-6-16)19(14-29)34-22(24,25)35-21/h2-8,13,19H,9-12,14,24-25H2,1H3. The Balaban J connectivity index is 1.46. The number of nitrogens with zero attached hydrogens (tertiary/aromatic N) is 1. The third kappa shape index (κ3) is 5.60. The number of piperidine rings is 1. The van der Waals surface area contributed by atoms with E-state index in [2.05, 4.69) is 4.74 Å². The van der Waals surface area contributed by atoms with Crippen LogP contribution >= 0.6 is 0 Å². The van der Waals surface area contributed by atoms with Gasteiger partial charge < -0.3 is 23.8 Å². The number of fused-ring (bicyclic) bond motifs is 1. The van der Waals surface area contributed by atoms with Crippen molar-refractivity contribution in [1.29, 1.82) is 0 Å². The number of hydrogen-bond acceptors (Lipinski definition) is 6. The number of likely N-dealkylation sites (tertiary alicyclic amines) is 1. The summed E-state index contributed by atoms with van der Waals surface area (Å²) in [6.07, 6.45) is -4.51. The molecule has 0 spiro atoms. The lowest BCUT2D eigenvalue weighted by Crippen LogP contribution is -2.53. The van der Waals surface area contributed by atoms with Crippen LogP contribution in [0.4, 0.5) is 13.2 Å². The summed E-state index contributed by atoms with van der Waals surface area (Å²) < 4.78 is 63.3. The lowest BCUT2D eigenvalue weighted by atomic mass is 9.76. The minimum atomic E-state index is -4.72. The Morgan fingerprint density at radius 1 is 1.14 bits per heavy atom. The van der Waals surface area contributed by atoms with E-state index in [9.17, 15) is 18.0 Å². The third-order valence-corrected chi connectivity index (χ3v) is 6.08. The fourth-order valence-corrected chi connectivity index (χ4v) is 4.66. The molecule has 2 atom stereocenters. The van der Waals surface area contributed by atoms with Gasteiger partial charge in [-0.1, -0.05) is 30.3 Å². The van der Waals surface area contributed by atoms with Crippen molar-refractivity contribution in [1.82, 2.24) is 4.90 Å². The number of carbonyl (C=O) groups is 1. The molecule has 2 heterocycles. The zero-order valence-electron chi connectivity index (χ0n) is 19.8. The predicted octanol–water partition coefficient (Wildman–Crippen LogP) is 1.64. The summed E-state index contributed by atoms with van der Waals surface area (Å²) in [6.45, 7) is -0.193. The van der Waals surface area contributed by atoms with Crippen LogP contribution in [0.3, 0.4) is 0 Å². The molecule has 0 radical (unpaired) electrons. The van der Waals surface area contributed by atoms with Crippen LogP contribution < -0.4 is 9.47 Å². The number of methoxy groups -OCH3 is 1. The minimum absolute atomic E-state index is 0.214. The molecule has 0 aromatic heterocycles. The molecule has 1 amide bonds. The van der Waals surface area contributed by atoms with Crippen LogP contribution in [-0.4, -0.2) is 78.0 Å². The molecule has 186 valence electrons. The van der Waals surface area contributed by atoms with Gasteiger partial charge in [0.1, 0.15) is 18.3 Å². The summed E-state index contributed by atoms with van der Waals surface area (Å²) in [4.78, 5) is 15.0. The molecule has 4 rings (SSSR count). The zero-order chi connectivity index (χ0) is 25.3. The Hall–Kier alpha value is -2.69. The van der Waals surface area contributed by atoms with Crippen LogP contribution in [0.15, 0.2) is 48.5 Å². The van der Waals surface area contributed by atoms with Crippen LogP contribution in [0.25, 0.3) is 0 Å². The molecular weight excluding hydrogens is 465 g/mol. The first-order valence-electron chi connectivity index (χ1n) is 11.3. The van der Waals surface area contributed by atoms with E-state index >= 15 is 0 Å². The molecule has 35 heavy (non-hydrogen) atoms. The van der Waals surface area contributed by atoms with Crippen molar-refractivity contribution in [3.05, 3.63) is 59.7 Å². The van der Waals surface area contributed by atoms with Gasteiger partial charge in [-0.2, -0.15) is 0 Å². The SMILES string of the molecule is BC1(B)OC2CN(C(=O)c3ccc(OCCOC(F)(F)F)c(OC)c3)CCC2(c2ccccc2)O1. The highest BCUT2D eigenvalue weighted by Gasteiger charge is 2.56. The molecule has 0 aliphatic carbocycles. The zero-order valence-corrected chi connectivity index (χ0v) is 19.8. The van der Waals surface area contributed by atoms with Gasteiger partial charge in [-0.3, -0.25) is 9.53 Å². The Morgan fingerprint density at radius 2 is 1.89 bits per heavy atom. The molecule has 2 aliphatic heterocycles. The normalized spacial score (nSPS) is 23.5. The van der Waals surface area contributed by atoms with Gasteiger partial charge in [-0.25, -0.2) is 0 Å². The maximum absolute atomic E-state index is 13.3. The Morgan fingerprint density at radius 3 is 2.57 bits per heavy atom. The van der Waals surface area contributed by atoms with Crippen molar-refractivity contribution < 1.29 is 41.7 Å². The molecule has 2 fully saturated rings. The number of benzene rings is 2. The Bertz CT molecular complexity index is 1060. The number of alkyl halides is 3. The van der Waals surface area contributed by atoms with Gasteiger partial charge in [0, 0.05) is 18.5 Å². The number of ether oxygens (including phenoxy) is 5. The molecule has 2 aromatic carbocycles. The first-order valence-corrected chi connectivity index (χ1v) is 11.3. The van der Waals surface area contributed by atoms with Crippen LogP contribution in [-0.2, 0) is 19.8 Å². The van der Waals surface area contributed by atoms with Crippen LogP contribution in [0.5, 0.6) is 11.5 Å². The molecule has 0 bridgehead atoms. The van der Waals surface area contributed by atoms with Crippen molar-refractivity contribution in [2.24, 2.45) is 0 Å². The van der Waals surface area contributed by atoms with Crippen molar-refractivity contribution in [3.63, 3.8) is 0 Å². The van der Waals surface area contributed by atoms with Gasteiger partial charge in [-0.05, 0) is 23.8 Å². The maximum atomic E-state index is 13.3. The summed E-state index contributed by atoms with van der Waals surface area (Å²) >= 11 is 0. The molecule has 0 saturated carbocycles. The van der Waals surface area contributed by atoms with E-state index in [1.54, 1.807) is 11.0 Å². The van der Waals surface area contributed by atoms with Crippen LogP contribution in [0.1, 0.15) is 22.3 Å².